The van der Waals surface area contributed by atoms with Crippen LogP contribution in [0.1, 0.15) is 22.8 Å². The Kier molecular flexibility index (Phi) is 4.91. The minimum Gasteiger partial charge on any atom is -0.435 e. The standard InChI is InChI=1S/C20H15F3N2O3S/c1-24-18-17(29-20(24)27)15(11-3-2-4-14(9-11)28-19(22)23)10-16(26)25(18)13-7-5-12(21)6-8-13/h2-9,15,19H,10H2,1H3/t15-/m1/s1. The van der Waals surface area contributed by atoms with E-state index in [0.29, 0.717) is 21.9 Å². The first-order valence-corrected chi connectivity index (χ1v) is 9.50. The topological polar surface area (TPSA) is 51.5 Å². The van der Waals surface area contributed by atoms with Gasteiger partial charge in [0.05, 0.1) is 10.6 Å². The second-order valence-corrected chi connectivity index (χ2v) is 7.52. The first-order chi connectivity index (χ1) is 13.8. The van der Waals surface area contributed by atoms with Gasteiger partial charge in [-0.1, -0.05) is 23.5 Å². The molecular formula is C20H15F3N2O3S. The van der Waals surface area contributed by atoms with E-state index in [0.717, 1.165) is 11.3 Å². The molecule has 1 amide bonds. The largest absolute Gasteiger partial charge is 0.435 e. The third-order valence-electron chi connectivity index (χ3n) is 4.74. The summed E-state index contributed by atoms with van der Waals surface area (Å²) in [4.78, 5) is 27.2. The Morgan fingerprint density at radius 2 is 1.86 bits per heavy atom. The highest BCUT2D eigenvalue weighted by molar-refractivity contribution is 7.10. The van der Waals surface area contributed by atoms with Crippen molar-refractivity contribution in [1.82, 2.24) is 4.57 Å². The summed E-state index contributed by atoms with van der Waals surface area (Å²) in [6, 6.07) is 11.5. The quantitative estimate of drug-likeness (QED) is 0.629. The van der Waals surface area contributed by atoms with Gasteiger partial charge in [-0.25, -0.2) is 4.39 Å². The summed E-state index contributed by atoms with van der Waals surface area (Å²) in [5.41, 5.74) is 1.04. The number of thiazole rings is 1. The molecule has 0 aliphatic carbocycles. The lowest BCUT2D eigenvalue weighted by atomic mass is 9.90. The Balaban J connectivity index is 1.82. The number of nitrogens with zero attached hydrogens (tertiary/aromatic N) is 2. The van der Waals surface area contributed by atoms with E-state index in [2.05, 4.69) is 4.74 Å². The molecule has 0 N–H and O–H groups in total. The van der Waals surface area contributed by atoms with Gasteiger partial charge in [0.1, 0.15) is 17.4 Å². The van der Waals surface area contributed by atoms with E-state index < -0.39 is 18.3 Å². The Morgan fingerprint density at radius 3 is 2.55 bits per heavy atom. The molecule has 4 rings (SSSR count). The molecule has 9 heteroatoms. The molecule has 1 aliphatic heterocycles. The fourth-order valence-corrected chi connectivity index (χ4v) is 4.55. The summed E-state index contributed by atoms with van der Waals surface area (Å²) in [6.07, 6.45) is 0.0302. The van der Waals surface area contributed by atoms with Gasteiger partial charge in [0.25, 0.3) is 0 Å². The van der Waals surface area contributed by atoms with E-state index in [1.54, 1.807) is 19.2 Å². The molecule has 0 bridgehead atoms. The lowest BCUT2D eigenvalue weighted by Gasteiger charge is -2.32. The number of anilines is 2. The first-order valence-electron chi connectivity index (χ1n) is 8.68. The number of rotatable bonds is 4. The lowest BCUT2D eigenvalue weighted by Crippen LogP contribution is -2.34. The summed E-state index contributed by atoms with van der Waals surface area (Å²) < 4.78 is 44.3. The van der Waals surface area contributed by atoms with Crippen molar-refractivity contribution in [2.24, 2.45) is 7.05 Å². The predicted molar refractivity (Wildman–Crippen MR) is 103 cm³/mol. The second-order valence-electron chi connectivity index (χ2n) is 6.53. The van der Waals surface area contributed by atoms with Crippen molar-refractivity contribution in [2.75, 3.05) is 4.90 Å². The smallest absolute Gasteiger partial charge is 0.387 e. The number of carbonyl (C=O) groups is 1. The van der Waals surface area contributed by atoms with Gasteiger partial charge in [0, 0.05) is 19.4 Å². The molecule has 2 heterocycles. The summed E-state index contributed by atoms with van der Waals surface area (Å²) in [6.45, 7) is -2.96. The number of carbonyl (C=O) groups excluding carboxylic acids is 1. The Hall–Kier alpha value is -3.07. The number of aromatic nitrogens is 1. The minimum absolute atomic E-state index is 0.0178. The normalized spacial score (nSPS) is 16.2. The SMILES string of the molecule is Cn1c2c(sc1=O)[C@@H](c1cccc(OC(F)F)c1)CC(=O)N2c1ccc(F)cc1. The second kappa shape index (κ2) is 7.40. The van der Waals surface area contributed by atoms with Crippen molar-refractivity contribution in [3.8, 4) is 5.75 Å². The molecule has 2 aromatic carbocycles. The van der Waals surface area contributed by atoms with Crippen molar-refractivity contribution in [2.45, 2.75) is 19.0 Å². The number of amides is 1. The molecule has 1 atom stereocenters. The average Bonchev–Trinajstić information content (AvgIpc) is 2.97. The maximum Gasteiger partial charge on any atom is 0.387 e. The molecular weight excluding hydrogens is 405 g/mol. The molecule has 1 aliphatic rings. The number of alkyl halides is 2. The van der Waals surface area contributed by atoms with Crippen LogP contribution in [0, 0.1) is 5.82 Å². The van der Waals surface area contributed by atoms with Crippen LogP contribution in [-0.2, 0) is 11.8 Å². The highest BCUT2D eigenvalue weighted by Gasteiger charge is 2.37. The van der Waals surface area contributed by atoms with Gasteiger partial charge in [-0.15, -0.1) is 0 Å². The average molecular weight is 420 g/mol. The minimum atomic E-state index is -2.96. The van der Waals surface area contributed by atoms with Crippen LogP contribution < -0.4 is 14.5 Å². The Morgan fingerprint density at radius 1 is 1.14 bits per heavy atom. The first kappa shape index (κ1) is 19.3. The number of ether oxygens (including phenoxy) is 1. The van der Waals surface area contributed by atoms with Gasteiger partial charge in [0.15, 0.2) is 0 Å². The van der Waals surface area contributed by atoms with Crippen LogP contribution in [0.5, 0.6) is 5.75 Å². The van der Waals surface area contributed by atoms with Gasteiger partial charge in [0.2, 0.25) is 5.91 Å². The number of fused-ring (bicyclic) bond motifs is 1. The summed E-state index contributed by atoms with van der Waals surface area (Å²) in [5, 5.41) is 0. The maximum absolute atomic E-state index is 13.3. The van der Waals surface area contributed by atoms with Crippen LogP contribution in [0.4, 0.5) is 24.7 Å². The Bertz CT molecular complexity index is 1120. The van der Waals surface area contributed by atoms with Crippen LogP contribution in [0.25, 0.3) is 0 Å². The fourth-order valence-electron chi connectivity index (χ4n) is 3.46. The monoisotopic (exact) mass is 420 g/mol. The van der Waals surface area contributed by atoms with Crippen LogP contribution >= 0.6 is 11.3 Å². The molecule has 0 saturated carbocycles. The van der Waals surface area contributed by atoms with Crippen LogP contribution in [0.3, 0.4) is 0 Å². The molecule has 3 aromatic rings. The Labute approximate surface area is 167 Å². The van der Waals surface area contributed by atoms with Crippen LogP contribution in [-0.4, -0.2) is 17.1 Å². The summed E-state index contributed by atoms with van der Waals surface area (Å²) in [5.74, 6) is -0.827. The number of halogens is 3. The maximum atomic E-state index is 13.3. The molecule has 0 fully saturated rings. The molecule has 5 nitrogen and oxygen atoms in total. The van der Waals surface area contributed by atoms with Gasteiger partial charge in [-0.05, 0) is 42.0 Å². The lowest BCUT2D eigenvalue weighted by molar-refractivity contribution is -0.118. The van der Waals surface area contributed by atoms with Gasteiger partial charge in [-0.2, -0.15) is 8.78 Å². The molecule has 0 spiro atoms. The molecule has 150 valence electrons. The van der Waals surface area contributed by atoms with E-state index in [-0.39, 0.29) is 23.0 Å². The van der Waals surface area contributed by atoms with Crippen LogP contribution in [0.15, 0.2) is 53.3 Å². The van der Waals surface area contributed by atoms with Gasteiger partial charge >= 0.3 is 11.5 Å². The van der Waals surface area contributed by atoms with Crippen molar-refractivity contribution in [1.29, 1.82) is 0 Å². The summed E-state index contributed by atoms with van der Waals surface area (Å²) in [7, 11) is 1.56. The van der Waals surface area contributed by atoms with E-state index in [9.17, 15) is 22.8 Å². The fraction of sp³-hybridized carbons (Fsp3) is 0.200. The highest BCUT2D eigenvalue weighted by Crippen LogP contribution is 2.44. The van der Waals surface area contributed by atoms with Crippen LogP contribution in [0.2, 0.25) is 0 Å². The van der Waals surface area contributed by atoms with Crippen molar-refractivity contribution < 1.29 is 22.7 Å². The number of benzene rings is 2. The zero-order valence-electron chi connectivity index (χ0n) is 15.1. The van der Waals surface area contributed by atoms with E-state index in [1.807, 2.05) is 0 Å². The highest BCUT2D eigenvalue weighted by atomic mass is 32.1. The predicted octanol–water partition coefficient (Wildman–Crippen LogP) is 4.39. The molecule has 29 heavy (non-hydrogen) atoms. The number of hydrogen-bond acceptors (Lipinski definition) is 4. The molecule has 0 radical (unpaired) electrons. The van der Waals surface area contributed by atoms with Gasteiger partial charge < -0.3 is 4.74 Å². The third-order valence-corrected chi connectivity index (χ3v) is 5.87. The molecule has 0 saturated heterocycles. The number of hydrogen-bond donors (Lipinski definition) is 0. The zero-order valence-corrected chi connectivity index (χ0v) is 16.0. The van der Waals surface area contributed by atoms with E-state index in [4.69, 9.17) is 0 Å². The van der Waals surface area contributed by atoms with Crippen molar-refractivity contribution >= 4 is 28.7 Å². The molecule has 0 unspecified atom stereocenters. The van der Waals surface area contributed by atoms with Crippen molar-refractivity contribution in [3.63, 3.8) is 0 Å². The van der Waals surface area contributed by atoms with Crippen molar-refractivity contribution in [3.05, 3.63) is 74.5 Å². The third kappa shape index (κ3) is 3.53. The summed E-state index contributed by atoms with van der Waals surface area (Å²) >= 11 is 0.994. The van der Waals surface area contributed by atoms with Gasteiger partial charge in [-0.3, -0.25) is 19.1 Å². The van der Waals surface area contributed by atoms with E-state index >= 15 is 0 Å². The zero-order chi connectivity index (χ0) is 20.7. The molecule has 1 aromatic heterocycles. The van der Waals surface area contributed by atoms with E-state index in [1.165, 1.54) is 45.9 Å².